The van der Waals surface area contributed by atoms with E-state index in [1.54, 1.807) is 6.07 Å². The van der Waals surface area contributed by atoms with E-state index in [1.807, 2.05) is 6.92 Å². The highest BCUT2D eigenvalue weighted by atomic mass is 19.1. The molecule has 0 aliphatic rings. The first kappa shape index (κ1) is 14.9. The molecule has 102 valence electrons. The molecule has 3 nitrogen and oxygen atoms in total. The van der Waals surface area contributed by atoms with E-state index in [-0.39, 0.29) is 11.9 Å². The van der Waals surface area contributed by atoms with Crippen LogP contribution in [0.1, 0.15) is 38.3 Å². The molecule has 1 aromatic rings. The van der Waals surface area contributed by atoms with E-state index < -0.39 is 0 Å². The van der Waals surface area contributed by atoms with Gasteiger partial charge in [-0.3, -0.25) is 0 Å². The van der Waals surface area contributed by atoms with Crippen LogP contribution in [-0.2, 0) is 4.74 Å². The summed E-state index contributed by atoms with van der Waals surface area (Å²) in [7, 11) is 0. The first-order valence-corrected chi connectivity index (χ1v) is 6.40. The predicted molar refractivity (Wildman–Crippen MR) is 70.2 cm³/mol. The van der Waals surface area contributed by atoms with E-state index in [0.717, 1.165) is 25.0 Å². The summed E-state index contributed by atoms with van der Waals surface area (Å²) >= 11 is 0. The minimum Gasteiger partial charge on any atom is -0.491 e. The average Bonchev–Trinajstić information content (AvgIpc) is 2.33. The SMILES string of the molecule is CCCCOCCOc1cc(F)ccc1[C@@H](C)N. The smallest absolute Gasteiger partial charge is 0.127 e. The molecule has 4 heteroatoms. The molecule has 0 saturated heterocycles. The van der Waals surface area contributed by atoms with E-state index in [9.17, 15) is 4.39 Å². The molecule has 0 heterocycles. The van der Waals surface area contributed by atoms with Crippen LogP contribution in [0.2, 0.25) is 0 Å². The Labute approximate surface area is 108 Å². The fraction of sp³-hybridized carbons (Fsp3) is 0.571. The maximum absolute atomic E-state index is 13.1. The number of benzene rings is 1. The van der Waals surface area contributed by atoms with Crippen molar-refractivity contribution >= 4 is 0 Å². The minimum absolute atomic E-state index is 0.179. The van der Waals surface area contributed by atoms with E-state index in [1.165, 1.54) is 12.1 Å². The number of nitrogens with two attached hydrogens (primary N) is 1. The molecular weight excluding hydrogens is 233 g/mol. The van der Waals surface area contributed by atoms with Crippen molar-refractivity contribution in [3.63, 3.8) is 0 Å². The molecular formula is C14H22FNO2. The molecule has 1 rings (SSSR count). The molecule has 0 aromatic heterocycles. The first-order valence-electron chi connectivity index (χ1n) is 6.40. The summed E-state index contributed by atoms with van der Waals surface area (Å²) in [5.41, 5.74) is 6.61. The van der Waals surface area contributed by atoms with Crippen molar-refractivity contribution in [1.29, 1.82) is 0 Å². The first-order chi connectivity index (χ1) is 8.65. The molecule has 0 aliphatic heterocycles. The summed E-state index contributed by atoms with van der Waals surface area (Å²) in [6.45, 7) is 5.62. The van der Waals surface area contributed by atoms with Crippen LogP contribution < -0.4 is 10.5 Å². The van der Waals surface area contributed by atoms with Crippen LogP contribution in [0.25, 0.3) is 0 Å². The van der Waals surface area contributed by atoms with Crippen LogP contribution >= 0.6 is 0 Å². The number of hydrogen-bond acceptors (Lipinski definition) is 3. The van der Waals surface area contributed by atoms with Crippen molar-refractivity contribution in [3.05, 3.63) is 29.6 Å². The zero-order valence-electron chi connectivity index (χ0n) is 11.1. The Bertz CT molecular complexity index is 356. The second-order valence-electron chi connectivity index (χ2n) is 4.29. The normalized spacial score (nSPS) is 12.4. The zero-order valence-corrected chi connectivity index (χ0v) is 11.1. The molecule has 0 radical (unpaired) electrons. The van der Waals surface area contributed by atoms with Gasteiger partial charge in [-0.2, -0.15) is 0 Å². The third-order valence-corrected chi connectivity index (χ3v) is 2.59. The fourth-order valence-electron chi connectivity index (χ4n) is 1.57. The second-order valence-corrected chi connectivity index (χ2v) is 4.29. The molecule has 18 heavy (non-hydrogen) atoms. The number of rotatable bonds is 8. The molecule has 2 N–H and O–H groups in total. The van der Waals surface area contributed by atoms with Gasteiger partial charge in [-0.25, -0.2) is 4.39 Å². The molecule has 0 unspecified atom stereocenters. The number of ether oxygens (including phenoxy) is 2. The lowest BCUT2D eigenvalue weighted by Gasteiger charge is -2.14. The van der Waals surface area contributed by atoms with Crippen molar-refractivity contribution < 1.29 is 13.9 Å². The van der Waals surface area contributed by atoms with Gasteiger partial charge in [-0.1, -0.05) is 19.4 Å². The Hall–Kier alpha value is -1.13. The topological polar surface area (TPSA) is 44.5 Å². The Balaban J connectivity index is 2.43. The van der Waals surface area contributed by atoms with E-state index in [4.69, 9.17) is 15.2 Å². The Morgan fingerprint density at radius 1 is 1.28 bits per heavy atom. The van der Waals surface area contributed by atoms with Crippen LogP contribution in [0, 0.1) is 5.82 Å². The van der Waals surface area contributed by atoms with Gasteiger partial charge in [0, 0.05) is 24.3 Å². The lowest BCUT2D eigenvalue weighted by atomic mass is 10.1. The summed E-state index contributed by atoms with van der Waals surface area (Å²) in [4.78, 5) is 0. The molecule has 1 aromatic carbocycles. The van der Waals surface area contributed by atoms with Gasteiger partial charge in [0.1, 0.15) is 18.2 Å². The van der Waals surface area contributed by atoms with Gasteiger partial charge in [0.2, 0.25) is 0 Å². The Kier molecular flexibility index (Phi) is 6.68. The molecule has 0 fully saturated rings. The lowest BCUT2D eigenvalue weighted by Crippen LogP contribution is -2.12. The van der Waals surface area contributed by atoms with Crippen LogP contribution in [0.5, 0.6) is 5.75 Å². The van der Waals surface area contributed by atoms with Crippen LogP contribution in [0.3, 0.4) is 0 Å². The molecule has 0 bridgehead atoms. The molecule has 0 amide bonds. The highest BCUT2D eigenvalue weighted by molar-refractivity contribution is 5.36. The molecule has 0 spiro atoms. The number of halogens is 1. The minimum atomic E-state index is -0.318. The van der Waals surface area contributed by atoms with Gasteiger partial charge in [0.25, 0.3) is 0 Å². The Morgan fingerprint density at radius 2 is 2.06 bits per heavy atom. The Morgan fingerprint density at radius 3 is 2.72 bits per heavy atom. The highest BCUT2D eigenvalue weighted by Crippen LogP contribution is 2.24. The maximum Gasteiger partial charge on any atom is 0.127 e. The quantitative estimate of drug-likeness (QED) is 0.726. The van der Waals surface area contributed by atoms with Crippen LogP contribution in [0.15, 0.2) is 18.2 Å². The zero-order chi connectivity index (χ0) is 13.4. The third kappa shape index (κ3) is 5.02. The van der Waals surface area contributed by atoms with Crippen molar-refractivity contribution in [3.8, 4) is 5.75 Å². The number of hydrogen-bond donors (Lipinski definition) is 1. The van der Waals surface area contributed by atoms with Gasteiger partial charge in [-0.05, 0) is 19.4 Å². The molecule has 1 atom stereocenters. The van der Waals surface area contributed by atoms with Gasteiger partial charge in [-0.15, -0.1) is 0 Å². The van der Waals surface area contributed by atoms with E-state index >= 15 is 0 Å². The monoisotopic (exact) mass is 255 g/mol. The number of unbranched alkanes of at least 4 members (excludes halogenated alkanes) is 1. The van der Waals surface area contributed by atoms with E-state index in [2.05, 4.69) is 6.92 Å². The second kappa shape index (κ2) is 8.06. The summed E-state index contributed by atoms with van der Waals surface area (Å²) in [6.07, 6.45) is 2.16. The van der Waals surface area contributed by atoms with E-state index in [0.29, 0.717) is 19.0 Å². The standard InChI is InChI=1S/C14H22FNO2/c1-3-4-7-17-8-9-18-14-10-12(15)5-6-13(14)11(2)16/h5-6,10-11H,3-4,7-9,16H2,1-2H3/t11-/m1/s1. The van der Waals surface area contributed by atoms with Crippen LogP contribution in [-0.4, -0.2) is 19.8 Å². The van der Waals surface area contributed by atoms with Gasteiger partial charge < -0.3 is 15.2 Å². The largest absolute Gasteiger partial charge is 0.491 e. The summed E-state index contributed by atoms with van der Waals surface area (Å²) in [5.74, 6) is 0.186. The third-order valence-electron chi connectivity index (χ3n) is 2.59. The molecule has 0 saturated carbocycles. The van der Waals surface area contributed by atoms with Crippen LogP contribution in [0.4, 0.5) is 4.39 Å². The van der Waals surface area contributed by atoms with Gasteiger partial charge in [0.15, 0.2) is 0 Å². The average molecular weight is 255 g/mol. The summed E-state index contributed by atoms with van der Waals surface area (Å²) in [6, 6.07) is 4.24. The maximum atomic E-state index is 13.1. The molecule has 0 aliphatic carbocycles. The summed E-state index contributed by atoms with van der Waals surface area (Å²) in [5, 5.41) is 0. The van der Waals surface area contributed by atoms with Crippen molar-refractivity contribution in [2.45, 2.75) is 32.7 Å². The van der Waals surface area contributed by atoms with Crippen molar-refractivity contribution in [2.24, 2.45) is 5.73 Å². The highest BCUT2D eigenvalue weighted by Gasteiger charge is 2.09. The lowest BCUT2D eigenvalue weighted by molar-refractivity contribution is 0.0975. The predicted octanol–water partition coefficient (Wildman–Crippen LogP) is 3.04. The fourth-order valence-corrected chi connectivity index (χ4v) is 1.57. The van der Waals surface area contributed by atoms with Gasteiger partial charge in [0.05, 0.1) is 6.61 Å². The van der Waals surface area contributed by atoms with Gasteiger partial charge >= 0.3 is 0 Å². The van der Waals surface area contributed by atoms with Crippen molar-refractivity contribution in [1.82, 2.24) is 0 Å². The van der Waals surface area contributed by atoms with Crippen molar-refractivity contribution in [2.75, 3.05) is 19.8 Å². The summed E-state index contributed by atoms with van der Waals surface area (Å²) < 4.78 is 24.0.